The fraction of sp³-hybridized carbons (Fsp3) is 0.750. The molecule has 1 atom stereocenters. The van der Waals surface area contributed by atoms with Crippen LogP contribution in [0.5, 0.6) is 0 Å². The Morgan fingerprint density at radius 3 is 2.89 bits per heavy atom. The smallest absolute Gasteiger partial charge is 0.236 e. The molecule has 0 aliphatic heterocycles. The SMILES string of the molecule is CCCCCNC(=O)C(C)NCCn1ccnn1. The molecule has 1 rings (SSSR count). The van der Waals surface area contributed by atoms with Crippen molar-refractivity contribution >= 4 is 5.91 Å². The zero-order chi connectivity index (χ0) is 13.2. The van der Waals surface area contributed by atoms with Crippen molar-refractivity contribution < 1.29 is 4.79 Å². The van der Waals surface area contributed by atoms with Gasteiger partial charge in [0, 0.05) is 19.3 Å². The van der Waals surface area contributed by atoms with Gasteiger partial charge < -0.3 is 10.6 Å². The van der Waals surface area contributed by atoms with Crippen molar-refractivity contribution in [1.29, 1.82) is 0 Å². The summed E-state index contributed by atoms with van der Waals surface area (Å²) < 4.78 is 1.73. The second kappa shape index (κ2) is 8.63. The molecule has 1 unspecified atom stereocenters. The third-order valence-corrected chi connectivity index (χ3v) is 2.74. The summed E-state index contributed by atoms with van der Waals surface area (Å²) in [5, 5.41) is 13.7. The van der Waals surface area contributed by atoms with E-state index in [1.54, 1.807) is 17.1 Å². The Balaban J connectivity index is 2.08. The molecule has 0 spiro atoms. The van der Waals surface area contributed by atoms with Gasteiger partial charge in [0.05, 0.1) is 18.8 Å². The Morgan fingerprint density at radius 1 is 1.39 bits per heavy atom. The van der Waals surface area contributed by atoms with Crippen LogP contribution in [0, 0.1) is 0 Å². The standard InChI is InChI=1S/C12H23N5O/c1-3-4-5-6-14-12(18)11(2)13-7-9-17-10-8-15-16-17/h8,10-11,13H,3-7,9H2,1-2H3,(H,14,18). The molecular formula is C12H23N5O. The lowest BCUT2D eigenvalue weighted by molar-refractivity contribution is -0.122. The van der Waals surface area contributed by atoms with Crippen LogP contribution in [0.25, 0.3) is 0 Å². The minimum atomic E-state index is -0.171. The molecular weight excluding hydrogens is 230 g/mol. The van der Waals surface area contributed by atoms with Gasteiger partial charge in [-0.2, -0.15) is 0 Å². The third-order valence-electron chi connectivity index (χ3n) is 2.74. The maximum atomic E-state index is 11.7. The van der Waals surface area contributed by atoms with E-state index < -0.39 is 0 Å². The van der Waals surface area contributed by atoms with E-state index in [1.165, 1.54) is 6.42 Å². The van der Waals surface area contributed by atoms with Gasteiger partial charge in [0.25, 0.3) is 0 Å². The van der Waals surface area contributed by atoms with Crippen LogP contribution in [0.1, 0.15) is 33.1 Å². The molecule has 102 valence electrons. The average Bonchev–Trinajstić information content (AvgIpc) is 2.87. The zero-order valence-corrected chi connectivity index (χ0v) is 11.2. The van der Waals surface area contributed by atoms with Gasteiger partial charge in [-0.25, -0.2) is 0 Å². The first-order valence-electron chi connectivity index (χ1n) is 6.59. The molecule has 6 nitrogen and oxygen atoms in total. The highest BCUT2D eigenvalue weighted by atomic mass is 16.2. The van der Waals surface area contributed by atoms with Crippen molar-refractivity contribution in [2.75, 3.05) is 13.1 Å². The number of carbonyl (C=O) groups is 1. The van der Waals surface area contributed by atoms with Crippen LogP contribution < -0.4 is 10.6 Å². The highest BCUT2D eigenvalue weighted by molar-refractivity contribution is 5.81. The van der Waals surface area contributed by atoms with Crippen molar-refractivity contribution in [1.82, 2.24) is 25.6 Å². The number of hydrogen-bond donors (Lipinski definition) is 2. The highest BCUT2D eigenvalue weighted by Gasteiger charge is 2.10. The minimum Gasteiger partial charge on any atom is -0.355 e. The maximum absolute atomic E-state index is 11.7. The van der Waals surface area contributed by atoms with Crippen LogP contribution in [0.4, 0.5) is 0 Å². The van der Waals surface area contributed by atoms with Crippen LogP contribution >= 0.6 is 0 Å². The first kappa shape index (κ1) is 14.6. The van der Waals surface area contributed by atoms with Gasteiger partial charge in [-0.15, -0.1) is 5.10 Å². The number of hydrogen-bond acceptors (Lipinski definition) is 4. The van der Waals surface area contributed by atoms with Crippen LogP contribution in [0.15, 0.2) is 12.4 Å². The number of amides is 1. The summed E-state index contributed by atoms with van der Waals surface area (Å²) in [6, 6.07) is -0.171. The molecule has 6 heteroatoms. The molecule has 1 aromatic heterocycles. The summed E-state index contributed by atoms with van der Waals surface area (Å²) in [6.07, 6.45) is 6.82. The van der Waals surface area contributed by atoms with Gasteiger partial charge in [0.1, 0.15) is 0 Å². The Bertz CT molecular complexity index is 325. The topological polar surface area (TPSA) is 71.8 Å². The lowest BCUT2D eigenvalue weighted by atomic mass is 10.2. The monoisotopic (exact) mass is 253 g/mol. The lowest BCUT2D eigenvalue weighted by Crippen LogP contribution is -2.43. The summed E-state index contributed by atoms with van der Waals surface area (Å²) in [6.45, 7) is 6.20. The van der Waals surface area contributed by atoms with Gasteiger partial charge in [-0.05, 0) is 13.3 Å². The number of unbranched alkanes of at least 4 members (excludes halogenated alkanes) is 2. The molecule has 1 heterocycles. The Morgan fingerprint density at radius 2 is 2.22 bits per heavy atom. The highest BCUT2D eigenvalue weighted by Crippen LogP contribution is 1.92. The largest absolute Gasteiger partial charge is 0.355 e. The quantitative estimate of drug-likeness (QED) is 0.631. The molecule has 0 saturated carbocycles. The fourth-order valence-electron chi connectivity index (χ4n) is 1.58. The van der Waals surface area contributed by atoms with Gasteiger partial charge in [0.2, 0.25) is 5.91 Å². The normalized spacial score (nSPS) is 12.3. The molecule has 0 fully saturated rings. The Labute approximate surface area is 108 Å². The van der Waals surface area contributed by atoms with E-state index in [-0.39, 0.29) is 11.9 Å². The number of nitrogens with zero attached hydrogens (tertiary/aromatic N) is 3. The van der Waals surface area contributed by atoms with E-state index >= 15 is 0 Å². The van der Waals surface area contributed by atoms with E-state index in [0.717, 1.165) is 19.4 Å². The molecule has 0 aliphatic carbocycles. The van der Waals surface area contributed by atoms with E-state index in [9.17, 15) is 4.79 Å². The second-order valence-corrected chi connectivity index (χ2v) is 4.34. The predicted molar refractivity (Wildman–Crippen MR) is 70.0 cm³/mol. The molecule has 0 bridgehead atoms. The van der Waals surface area contributed by atoms with E-state index in [4.69, 9.17) is 0 Å². The van der Waals surface area contributed by atoms with E-state index in [2.05, 4.69) is 27.9 Å². The first-order valence-corrected chi connectivity index (χ1v) is 6.59. The van der Waals surface area contributed by atoms with Gasteiger partial charge in [0.15, 0.2) is 0 Å². The molecule has 0 aliphatic rings. The van der Waals surface area contributed by atoms with Gasteiger partial charge >= 0.3 is 0 Å². The van der Waals surface area contributed by atoms with Crippen molar-refractivity contribution in [3.8, 4) is 0 Å². The van der Waals surface area contributed by atoms with Crippen molar-refractivity contribution in [3.05, 3.63) is 12.4 Å². The van der Waals surface area contributed by atoms with E-state index in [1.807, 2.05) is 6.92 Å². The Hall–Kier alpha value is -1.43. The molecule has 1 aromatic rings. The van der Waals surface area contributed by atoms with Crippen molar-refractivity contribution in [2.24, 2.45) is 0 Å². The lowest BCUT2D eigenvalue weighted by Gasteiger charge is -2.13. The summed E-state index contributed by atoms with van der Waals surface area (Å²) in [5.74, 6) is 0.0599. The fourth-order valence-corrected chi connectivity index (χ4v) is 1.58. The summed E-state index contributed by atoms with van der Waals surface area (Å²) in [5.41, 5.74) is 0. The first-order chi connectivity index (χ1) is 8.74. The number of carbonyl (C=O) groups excluding carboxylic acids is 1. The molecule has 0 aromatic carbocycles. The molecule has 0 radical (unpaired) electrons. The Kier molecular flexibility index (Phi) is 7.01. The van der Waals surface area contributed by atoms with Gasteiger partial charge in [-0.3, -0.25) is 9.48 Å². The average molecular weight is 253 g/mol. The summed E-state index contributed by atoms with van der Waals surface area (Å²) in [7, 11) is 0. The van der Waals surface area contributed by atoms with Crippen molar-refractivity contribution in [2.45, 2.75) is 45.7 Å². The second-order valence-electron chi connectivity index (χ2n) is 4.34. The number of rotatable bonds is 9. The van der Waals surface area contributed by atoms with Crippen LogP contribution in [0.2, 0.25) is 0 Å². The summed E-state index contributed by atoms with van der Waals surface area (Å²) >= 11 is 0. The van der Waals surface area contributed by atoms with Crippen LogP contribution in [0.3, 0.4) is 0 Å². The predicted octanol–water partition coefficient (Wildman–Crippen LogP) is 0.563. The molecule has 18 heavy (non-hydrogen) atoms. The third kappa shape index (κ3) is 5.77. The number of nitrogens with one attached hydrogen (secondary N) is 2. The molecule has 1 amide bonds. The molecule has 2 N–H and O–H groups in total. The van der Waals surface area contributed by atoms with Crippen molar-refractivity contribution in [3.63, 3.8) is 0 Å². The minimum absolute atomic E-state index is 0.0599. The molecule has 0 saturated heterocycles. The van der Waals surface area contributed by atoms with Gasteiger partial charge in [-0.1, -0.05) is 25.0 Å². The number of aromatic nitrogens is 3. The summed E-state index contributed by atoms with van der Waals surface area (Å²) in [4.78, 5) is 11.7. The van der Waals surface area contributed by atoms with E-state index in [0.29, 0.717) is 13.1 Å². The zero-order valence-electron chi connectivity index (χ0n) is 11.2. The van der Waals surface area contributed by atoms with Crippen LogP contribution in [-0.4, -0.2) is 40.0 Å². The maximum Gasteiger partial charge on any atom is 0.236 e. The van der Waals surface area contributed by atoms with Crippen LogP contribution in [-0.2, 0) is 11.3 Å².